The molecular weight excluding hydrogens is 346 g/mol. The number of aromatic nitrogens is 2. The van der Waals surface area contributed by atoms with Crippen molar-refractivity contribution >= 4 is 17.2 Å². The van der Waals surface area contributed by atoms with Gasteiger partial charge in [0.15, 0.2) is 0 Å². The van der Waals surface area contributed by atoms with Gasteiger partial charge in [0, 0.05) is 5.56 Å². The molecule has 26 heavy (non-hydrogen) atoms. The summed E-state index contributed by atoms with van der Waals surface area (Å²) in [5.74, 6) is 0.662. The Hall–Kier alpha value is -3.25. The summed E-state index contributed by atoms with van der Waals surface area (Å²) in [6.45, 7) is 0.187. The number of hydrogen-bond acceptors (Lipinski definition) is 5. The minimum atomic E-state index is -0.182. The topological polar surface area (TPSA) is 68.0 Å². The van der Waals surface area contributed by atoms with E-state index in [4.69, 9.17) is 4.42 Å². The van der Waals surface area contributed by atoms with Gasteiger partial charge in [-0.1, -0.05) is 48.5 Å². The lowest BCUT2D eigenvalue weighted by Gasteiger charge is -2.06. The van der Waals surface area contributed by atoms with E-state index in [-0.39, 0.29) is 12.5 Å². The lowest BCUT2D eigenvalue weighted by atomic mass is 10.0. The van der Waals surface area contributed by atoms with Crippen molar-refractivity contribution in [3.63, 3.8) is 0 Å². The number of nitrogens with zero attached hydrogens (tertiary/aromatic N) is 2. The molecular formula is C20H15N3O2S. The van der Waals surface area contributed by atoms with Crippen LogP contribution in [0.4, 0.5) is 0 Å². The molecule has 0 atom stereocenters. The zero-order valence-electron chi connectivity index (χ0n) is 13.8. The lowest BCUT2D eigenvalue weighted by Crippen LogP contribution is -2.22. The Morgan fingerprint density at radius 2 is 1.81 bits per heavy atom. The van der Waals surface area contributed by atoms with Gasteiger partial charge in [-0.3, -0.25) is 4.79 Å². The molecule has 4 rings (SSSR count). The van der Waals surface area contributed by atoms with Crippen molar-refractivity contribution in [3.05, 3.63) is 83.6 Å². The molecule has 4 aromatic rings. The van der Waals surface area contributed by atoms with E-state index in [9.17, 15) is 4.79 Å². The van der Waals surface area contributed by atoms with Crippen LogP contribution in [0.1, 0.15) is 16.2 Å². The van der Waals surface area contributed by atoms with Gasteiger partial charge in [-0.25, -0.2) is 0 Å². The Kier molecular flexibility index (Phi) is 4.57. The highest BCUT2D eigenvalue weighted by molar-refractivity contribution is 7.13. The molecule has 1 N–H and O–H groups in total. The number of thiophene rings is 1. The molecule has 0 bridgehead atoms. The SMILES string of the molecule is O=C(NCc1nnc(-c2cccs2)o1)c1cccc(-c2ccccc2)c1. The normalized spacial score (nSPS) is 10.6. The molecule has 6 heteroatoms. The molecule has 2 heterocycles. The standard InChI is InChI=1S/C20H15N3O2S/c24-19(16-9-4-8-15(12-16)14-6-2-1-3-7-14)21-13-18-22-23-20(25-18)17-10-5-11-26-17/h1-12H,13H2,(H,21,24). The van der Waals surface area contributed by atoms with Crippen LogP contribution in [0, 0.1) is 0 Å². The van der Waals surface area contributed by atoms with Crippen LogP contribution in [-0.2, 0) is 6.54 Å². The van der Waals surface area contributed by atoms with E-state index < -0.39 is 0 Å². The van der Waals surface area contributed by atoms with Crippen LogP contribution in [0.5, 0.6) is 0 Å². The summed E-state index contributed by atoms with van der Waals surface area (Å²) in [6.07, 6.45) is 0. The minimum Gasteiger partial charge on any atom is -0.418 e. The van der Waals surface area contributed by atoms with Crippen LogP contribution >= 0.6 is 11.3 Å². The monoisotopic (exact) mass is 361 g/mol. The average Bonchev–Trinajstić information content (AvgIpc) is 3.38. The van der Waals surface area contributed by atoms with E-state index in [0.717, 1.165) is 16.0 Å². The number of benzene rings is 2. The first-order valence-corrected chi connectivity index (χ1v) is 8.97. The summed E-state index contributed by atoms with van der Waals surface area (Å²) in [6, 6.07) is 21.3. The first-order valence-electron chi connectivity index (χ1n) is 8.09. The lowest BCUT2D eigenvalue weighted by molar-refractivity contribution is 0.0947. The minimum absolute atomic E-state index is 0.182. The predicted octanol–water partition coefficient (Wildman–Crippen LogP) is 4.40. The summed E-state index contributed by atoms with van der Waals surface area (Å²) in [5, 5.41) is 12.7. The zero-order valence-corrected chi connectivity index (χ0v) is 14.6. The Morgan fingerprint density at radius 3 is 2.62 bits per heavy atom. The van der Waals surface area contributed by atoms with Gasteiger partial charge in [0.05, 0.1) is 11.4 Å². The second kappa shape index (κ2) is 7.33. The van der Waals surface area contributed by atoms with Gasteiger partial charge >= 0.3 is 0 Å². The van der Waals surface area contributed by atoms with E-state index in [2.05, 4.69) is 15.5 Å². The highest BCUT2D eigenvalue weighted by atomic mass is 32.1. The fourth-order valence-corrected chi connectivity index (χ4v) is 3.20. The van der Waals surface area contributed by atoms with Crippen LogP contribution in [0.25, 0.3) is 21.9 Å². The molecule has 0 radical (unpaired) electrons. The zero-order chi connectivity index (χ0) is 17.8. The average molecular weight is 361 g/mol. The summed E-state index contributed by atoms with van der Waals surface area (Å²) in [5.41, 5.74) is 2.65. The number of carbonyl (C=O) groups excluding carboxylic acids is 1. The number of nitrogens with one attached hydrogen (secondary N) is 1. The molecule has 5 nitrogen and oxygen atoms in total. The number of hydrogen-bond donors (Lipinski definition) is 1. The predicted molar refractivity (Wildman–Crippen MR) is 101 cm³/mol. The molecule has 2 aromatic heterocycles. The molecule has 0 unspecified atom stereocenters. The fraction of sp³-hybridized carbons (Fsp3) is 0.0500. The summed E-state index contributed by atoms with van der Waals surface area (Å²) in [4.78, 5) is 13.3. The largest absolute Gasteiger partial charge is 0.418 e. The third-order valence-electron chi connectivity index (χ3n) is 3.83. The molecule has 2 aromatic carbocycles. The van der Waals surface area contributed by atoms with Crippen molar-refractivity contribution < 1.29 is 9.21 Å². The van der Waals surface area contributed by atoms with Crippen molar-refractivity contribution in [1.29, 1.82) is 0 Å². The van der Waals surface area contributed by atoms with Crippen molar-refractivity contribution in [3.8, 4) is 21.9 Å². The van der Waals surface area contributed by atoms with Crippen molar-refractivity contribution in [2.75, 3.05) is 0 Å². The Bertz CT molecular complexity index is 1010. The maximum absolute atomic E-state index is 12.4. The Balaban J connectivity index is 1.44. The summed E-state index contributed by atoms with van der Waals surface area (Å²) in [7, 11) is 0. The molecule has 128 valence electrons. The molecule has 0 saturated heterocycles. The van der Waals surface area contributed by atoms with Gasteiger partial charge in [-0.05, 0) is 34.7 Å². The van der Waals surface area contributed by atoms with E-state index in [0.29, 0.717) is 17.3 Å². The van der Waals surface area contributed by atoms with Crippen LogP contribution < -0.4 is 5.32 Å². The van der Waals surface area contributed by atoms with Crippen LogP contribution in [0.15, 0.2) is 76.5 Å². The van der Waals surface area contributed by atoms with Gasteiger partial charge in [-0.15, -0.1) is 21.5 Å². The highest BCUT2D eigenvalue weighted by Crippen LogP contribution is 2.23. The fourth-order valence-electron chi connectivity index (χ4n) is 2.55. The highest BCUT2D eigenvalue weighted by Gasteiger charge is 2.12. The third-order valence-corrected chi connectivity index (χ3v) is 4.69. The van der Waals surface area contributed by atoms with Gasteiger partial charge in [0.2, 0.25) is 5.89 Å². The van der Waals surface area contributed by atoms with Crippen LogP contribution in [-0.4, -0.2) is 16.1 Å². The summed E-state index contributed by atoms with van der Waals surface area (Å²) >= 11 is 1.53. The van der Waals surface area contributed by atoms with Crippen LogP contribution in [0.3, 0.4) is 0 Å². The molecule has 0 saturated carbocycles. The smallest absolute Gasteiger partial charge is 0.257 e. The van der Waals surface area contributed by atoms with Gasteiger partial charge in [0.25, 0.3) is 11.8 Å². The molecule has 0 spiro atoms. The van der Waals surface area contributed by atoms with Crippen molar-refractivity contribution in [2.45, 2.75) is 6.54 Å². The van der Waals surface area contributed by atoms with Crippen LogP contribution in [0.2, 0.25) is 0 Å². The van der Waals surface area contributed by atoms with E-state index >= 15 is 0 Å². The number of rotatable bonds is 5. The Morgan fingerprint density at radius 1 is 0.962 bits per heavy atom. The first-order chi connectivity index (χ1) is 12.8. The van der Waals surface area contributed by atoms with E-state index in [1.165, 1.54) is 11.3 Å². The molecule has 0 fully saturated rings. The maximum Gasteiger partial charge on any atom is 0.257 e. The molecule has 0 aliphatic carbocycles. The number of amides is 1. The molecule has 0 aliphatic rings. The van der Waals surface area contributed by atoms with Crippen molar-refractivity contribution in [2.24, 2.45) is 0 Å². The van der Waals surface area contributed by atoms with Gasteiger partial charge in [-0.2, -0.15) is 0 Å². The number of carbonyl (C=O) groups is 1. The molecule has 0 aliphatic heterocycles. The van der Waals surface area contributed by atoms with E-state index in [1.54, 1.807) is 6.07 Å². The second-order valence-corrected chi connectivity index (χ2v) is 6.56. The molecule has 1 amide bonds. The van der Waals surface area contributed by atoms with Gasteiger partial charge in [0.1, 0.15) is 0 Å². The Labute approximate surface area is 154 Å². The third kappa shape index (κ3) is 3.55. The van der Waals surface area contributed by atoms with Gasteiger partial charge < -0.3 is 9.73 Å². The van der Waals surface area contributed by atoms with Crippen molar-refractivity contribution in [1.82, 2.24) is 15.5 Å². The summed E-state index contributed by atoms with van der Waals surface area (Å²) < 4.78 is 5.58. The maximum atomic E-state index is 12.4. The van der Waals surface area contributed by atoms with E-state index in [1.807, 2.05) is 66.0 Å². The second-order valence-electron chi connectivity index (χ2n) is 5.61. The first kappa shape index (κ1) is 16.2. The quantitative estimate of drug-likeness (QED) is 0.572.